The molecule has 1 aromatic carbocycles. The van der Waals surface area contributed by atoms with E-state index in [0.717, 1.165) is 5.56 Å². The molecule has 1 rings (SSSR count). The maximum atomic E-state index is 11.5. The van der Waals surface area contributed by atoms with Crippen LogP contribution in [0.2, 0.25) is 0 Å². The fourth-order valence-electron chi connectivity index (χ4n) is 1.24. The van der Waals surface area contributed by atoms with E-state index in [0.29, 0.717) is 5.69 Å². The van der Waals surface area contributed by atoms with Gasteiger partial charge in [-0.05, 0) is 18.6 Å². The van der Waals surface area contributed by atoms with Gasteiger partial charge in [0.15, 0.2) is 0 Å². The van der Waals surface area contributed by atoms with Crippen molar-refractivity contribution in [3.8, 4) is 0 Å². The molecule has 1 atom stereocenters. The van der Waals surface area contributed by atoms with Crippen LogP contribution in [0.1, 0.15) is 12.5 Å². The highest BCUT2D eigenvalue weighted by molar-refractivity contribution is 5.80. The number of aliphatic hydroxyl groups is 1. The lowest BCUT2D eigenvalue weighted by atomic mass is 10.1. The molecule has 0 spiro atoms. The Kier molecular flexibility index (Phi) is 4.12. The SMILES string of the molecule is C[C@@H](CO)NC(=O)Cc1ccccc1N. The predicted octanol–water partition coefficient (Wildman–Crippen LogP) is 0.308. The first-order chi connectivity index (χ1) is 7.13. The predicted molar refractivity (Wildman–Crippen MR) is 59.2 cm³/mol. The van der Waals surface area contributed by atoms with E-state index in [1.165, 1.54) is 0 Å². The van der Waals surface area contributed by atoms with Crippen LogP contribution in [0, 0.1) is 0 Å². The van der Waals surface area contributed by atoms with Gasteiger partial charge in [-0.2, -0.15) is 0 Å². The number of hydrogen-bond donors (Lipinski definition) is 3. The number of benzene rings is 1. The molecule has 0 heterocycles. The molecular formula is C11H16N2O2. The molecule has 0 aliphatic carbocycles. The molecule has 0 aromatic heterocycles. The molecule has 4 N–H and O–H groups in total. The summed E-state index contributed by atoms with van der Waals surface area (Å²) in [6, 6.07) is 7.03. The summed E-state index contributed by atoms with van der Waals surface area (Å²) in [4.78, 5) is 11.5. The second kappa shape index (κ2) is 5.36. The Morgan fingerprint density at radius 3 is 2.80 bits per heavy atom. The highest BCUT2D eigenvalue weighted by Crippen LogP contribution is 2.10. The number of nitrogens with two attached hydrogens (primary N) is 1. The molecule has 15 heavy (non-hydrogen) atoms. The molecule has 0 fully saturated rings. The molecule has 0 saturated heterocycles. The van der Waals surface area contributed by atoms with Crippen LogP contribution in [-0.4, -0.2) is 23.7 Å². The molecule has 4 heteroatoms. The number of nitrogens with one attached hydrogen (secondary N) is 1. The van der Waals surface area contributed by atoms with Gasteiger partial charge in [0.05, 0.1) is 13.0 Å². The summed E-state index contributed by atoms with van der Waals surface area (Å²) in [7, 11) is 0. The Morgan fingerprint density at radius 1 is 1.53 bits per heavy atom. The van der Waals surface area contributed by atoms with E-state index in [-0.39, 0.29) is 25.0 Å². The minimum absolute atomic E-state index is 0.0595. The number of anilines is 1. The van der Waals surface area contributed by atoms with Gasteiger partial charge in [0.2, 0.25) is 5.91 Å². The third-order valence-corrected chi connectivity index (χ3v) is 2.09. The third kappa shape index (κ3) is 3.59. The number of hydrogen-bond acceptors (Lipinski definition) is 3. The highest BCUT2D eigenvalue weighted by Gasteiger charge is 2.08. The number of para-hydroxylation sites is 1. The van der Waals surface area contributed by atoms with Crippen LogP contribution in [0.4, 0.5) is 5.69 Å². The van der Waals surface area contributed by atoms with Crippen LogP contribution in [0.5, 0.6) is 0 Å². The number of carbonyl (C=O) groups excluding carboxylic acids is 1. The first kappa shape index (κ1) is 11.5. The maximum absolute atomic E-state index is 11.5. The quantitative estimate of drug-likeness (QED) is 0.623. The first-order valence-corrected chi connectivity index (χ1v) is 4.87. The van der Waals surface area contributed by atoms with Gasteiger partial charge >= 0.3 is 0 Å². The summed E-state index contributed by atoms with van der Waals surface area (Å²) in [6.07, 6.45) is 0.247. The van der Waals surface area contributed by atoms with Crippen LogP contribution in [0.3, 0.4) is 0 Å². The monoisotopic (exact) mass is 208 g/mol. The topological polar surface area (TPSA) is 75.3 Å². The van der Waals surface area contributed by atoms with Crippen LogP contribution >= 0.6 is 0 Å². The molecule has 0 unspecified atom stereocenters. The highest BCUT2D eigenvalue weighted by atomic mass is 16.3. The van der Waals surface area contributed by atoms with E-state index >= 15 is 0 Å². The lowest BCUT2D eigenvalue weighted by molar-refractivity contribution is -0.121. The van der Waals surface area contributed by atoms with Crippen molar-refractivity contribution in [2.75, 3.05) is 12.3 Å². The van der Waals surface area contributed by atoms with Crippen molar-refractivity contribution in [1.82, 2.24) is 5.32 Å². The van der Waals surface area contributed by atoms with Crippen molar-refractivity contribution in [1.29, 1.82) is 0 Å². The number of aliphatic hydroxyl groups excluding tert-OH is 1. The zero-order valence-corrected chi connectivity index (χ0v) is 8.73. The van der Waals surface area contributed by atoms with Crippen molar-refractivity contribution in [2.45, 2.75) is 19.4 Å². The van der Waals surface area contributed by atoms with E-state index in [9.17, 15) is 4.79 Å². The van der Waals surface area contributed by atoms with Crippen LogP contribution in [-0.2, 0) is 11.2 Å². The number of amides is 1. The van der Waals surface area contributed by atoms with Gasteiger partial charge in [-0.15, -0.1) is 0 Å². The Morgan fingerprint density at radius 2 is 2.20 bits per heavy atom. The minimum atomic E-state index is -0.220. The Labute approximate surface area is 89.1 Å². The Balaban J connectivity index is 2.55. The minimum Gasteiger partial charge on any atom is -0.398 e. The number of rotatable bonds is 4. The molecule has 1 aromatic rings. The zero-order valence-electron chi connectivity index (χ0n) is 8.73. The normalized spacial score (nSPS) is 12.1. The molecule has 0 aliphatic heterocycles. The van der Waals surface area contributed by atoms with Crippen molar-refractivity contribution in [2.24, 2.45) is 0 Å². The van der Waals surface area contributed by atoms with E-state index in [1.54, 1.807) is 13.0 Å². The van der Waals surface area contributed by atoms with Gasteiger partial charge in [-0.1, -0.05) is 18.2 Å². The Hall–Kier alpha value is -1.55. The molecular weight excluding hydrogens is 192 g/mol. The standard InChI is InChI=1S/C11H16N2O2/c1-8(7-14)13-11(15)6-9-4-2-3-5-10(9)12/h2-5,8,14H,6-7,12H2,1H3,(H,13,15)/t8-/m0/s1. The van der Waals surface area contributed by atoms with Gasteiger partial charge < -0.3 is 16.2 Å². The van der Waals surface area contributed by atoms with Gasteiger partial charge in [0.25, 0.3) is 0 Å². The zero-order chi connectivity index (χ0) is 11.3. The summed E-state index contributed by atoms with van der Waals surface area (Å²) in [5.74, 6) is -0.130. The van der Waals surface area contributed by atoms with Crippen LogP contribution in [0.25, 0.3) is 0 Å². The summed E-state index contributed by atoms with van der Waals surface area (Å²) in [5, 5.41) is 11.4. The van der Waals surface area contributed by atoms with Crippen LogP contribution in [0.15, 0.2) is 24.3 Å². The molecule has 0 saturated carbocycles. The van der Waals surface area contributed by atoms with Crippen molar-refractivity contribution in [3.63, 3.8) is 0 Å². The molecule has 0 aliphatic rings. The fourth-order valence-corrected chi connectivity index (χ4v) is 1.24. The van der Waals surface area contributed by atoms with E-state index in [4.69, 9.17) is 10.8 Å². The average Bonchev–Trinajstić information content (AvgIpc) is 2.21. The summed E-state index contributed by atoms with van der Waals surface area (Å²) < 4.78 is 0. The number of nitrogen functional groups attached to an aromatic ring is 1. The lowest BCUT2D eigenvalue weighted by Gasteiger charge is -2.11. The van der Waals surface area contributed by atoms with E-state index < -0.39 is 0 Å². The lowest BCUT2D eigenvalue weighted by Crippen LogP contribution is -2.36. The fraction of sp³-hybridized carbons (Fsp3) is 0.364. The average molecular weight is 208 g/mol. The van der Waals surface area contributed by atoms with Gasteiger partial charge in [-0.25, -0.2) is 0 Å². The molecule has 82 valence electrons. The molecule has 1 amide bonds. The summed E-state index contributed by atoms with van der Waals surface area (Å²) >= 11 is 0. The molecule has 0 radical (unpaired) electrons. The van der Waals surface area contributed by atoms with Crippen molar-refractivity contribution >= 4 is 11.6 Å². The second-order valence-corrected chi connectivity index (χ2v) is 3.53. The van der Waals surface area contributed by atoms with Gasteiger partial charge in [0, 0.05) is 11.7 Å². The Bertz CT molecular complexity index is 339. The first-order valence-electron chi connectivity index (χ1n) is 4.87. The number of carbonyl (C=O) groups is 1. The van der Waals surface area contributed by atoms with Gasteiger partial charge in [-0.3, -0.25) is 4.79 Å². The largest absolute Gasteiger partial charge is 0.398 e. The molecule has 4 nitrogen and oxygen atoms in total. The van der Waals surface area contributed by atoms with E-state index in [2.05, 4.69) is 5.32 Å². The summed E-state index contributed by atoms with van der Waals surface area (Å²) in [6.45, 7) is 1.68. The summed E-state index contributed by atoms with van der Waals surface area (Å²) in [5.41, 5.74) is 7.12. The van der Waals surface area contributed by atoms with E-state index in [1.807, 2.05) is 18.2 Å². The smallest absolute Gasteiger partial charge is 0.224 e. The molecule has 0 bridgehead atoms. The maximum Gasteiger partial charge on any atom is 0.224 e. The third-order valence-electron chi connectivity index (χ3n) is 2.09. The van der Waals surface area contributed by atoms with Crippen molar-refractivity contribution in [3.05, 3.63) is 29.8 Å². The van der Waals surface area contributed by atoms with Gasteiger partial charge in [0.1, 0.15) is 0 Å². The second-order valence-electron chi connectivity index (χ2n) is 3.53. The van der Waals surface area contributed by atoms with Crippen LogP contribution < -0.4 is 11.1 Å². The van der Waals surface area contributed by atoms with Crippen molar-refractivity contribution < 1.29 is 9.90 Å².